The number of carbonyl (C=O) groups excluding carboxylic acids is 1. The van der Waals surface area contributed by atoms with Crippen LogP contribution < -0.4 is 5.32 Å². The van der Waals surface area contributed by atoms with Crippen LogP contribution >= 0.6 is 0 Å². The third kappa shape index (κ3) is 4.90. The summed E-state index contributed by atoms with van der Waals surface area (Å²) >= 11 is 0. The lowest BCUT2D eigenvalue weighted by Gasteiger charge is -2.29. The Morgan fingerprint density at radius 1 is 1.10 bits per heavy atom. The molecule has 1 heterocycles. The lowest BCUT2D eigenvalue weighted by atomic mass is 9.80. The van der Waals surface area contributed by atoms with Crippen molar-refractivity contribution in [2.45, 2.75) is 19.8 Å². The van der Waals surface area contributed by atoms with Crippen LogP contribution in [-0.4, -0.2) is 23.7 Å². The molecular formula is C25H22N2O4. The Bertz CT molecular complexity index is 1140. The number of nitriles is 1. The Kier molecular flexibility index (Phi) is 6.68. The van der Waals surface area contributed by atoms with E-state index >= 15 is 0 Å². The van der Waals surface area contributed by atoms with E-state index in [9.17, 15) is 20.0 Å². The van der Waals surface area contributed by atoms with Gasteiger partial charge in [0.1, 0.15) is 6.61 Å². The number of carbonyl (C=O) groups is 2. The van der Waals surface area contributed by atoms with Gasteiger partial charge in [0, 0.05) is 11.4 Å². The zero-order valence-corrected chi connectivity index (χ0v) is 17.3. The number of rotatable bonds is 6. The Balaban J connectivity index is 1.91. The molecule has 0 amide bonds. The van der Waals surface area contributed by atoms with Crippen LogP contribution in [0.3, 0.4) is 0 Å². The molecule has 1 unspecified atom stereocenters. The highest BCUT2D eigenvalue weighted by Crippen LogP contribution is 2.38. The molecule has 1 aliphatic rings. The second-order valence-corrected chi connectivity index (χ2v) is 7.09. The molecule has 6 nitrogen and oxygen atoms in total. The number of hydrogen-bond acceptors (Lipinski definition) is 5. The van der Waals surface area contributed by atoms with Crippen LogP contribution in [0.2, 0.25) is 0 Å². The molecule has 1 aliphatic heterocycles. The van der Waals surface area contributed by atoms with Gasteiger partial charge < -0.3 is 15.2 Å². The maximum atomic E-state index is 13.0. The summed E-state index contributed by atoms with van der Waals surface area (Å²) in [5.41, 5.74) is 3.13. The summed E-state index contributed by atoms with van der Waals surface area (Å²) in [6, 6.07) is 18.3. The SMILES string of the molecule is CC1=C(C(=O)O)C(c2cccc(C#N)c2)C(C(=O)OC/C=C/c2ccccc2)=C(C)N1. The number of carboxylic acids is 1. The predicted octanol–water partition coefficient (Wildman–Crippen LogP) is 4.13. The lowest BCUT2D eigenvalue weighted by molar-refractivity contribution is -0.138. The van der Waals surface area contributed by atoms with E-state index in [1.807, 2.05) is 36.4 Å². The first kappa shape index (κ1) is 21.6. The number of hydrogen-bond donors (Lipinski definition) is 2. The first-order chi connectivity index (χ1) is 14.9. The molecule has 2 N–H and O–H groups in total. The van der Waals surface area contributed by atoms with Crippen molar-refractivity contribution in [3.8, 4) is 6.07 Å². The summed E-state index contributed by atoms with van der Waals surface area (Å²) < 4.78 is 5.44. The average molecular weight is 414 g/mol. The minimum absolute atomic E-state index is 0.0422. The molecule has 2 aromatic rings. The van der Waals surface area contributed by atoms with E-state index in [1.54, 1.807) is 44.2 Å². The van der Waals surface area contributed by atoms with Crippen molar-refractivity contribution in [1.29, 1.82) is 5.26 Å². The molecule has 31 heavy (non-hydrogen) atoms. The van der Waals surface area contributed by atoms with E-state index in [2.05, 4.69) is 11.4 Å². The summed E-state index contributed by atoms with van der Waals surface area (Å²) in [4.78, 5) is 25.0. The average Bonchev–Trinajstić information content (AvgIpc) is 2.76. The Morgan fingerprint density at radius 3 is 2.48 bits per heavy atom. The van der Waals surface area contributed by atoms with E-state index in [4.69, 9.17) is 4.74 Å². The van der Waals surface area contributed by atoms with Gasteiger partial charge in [0.05, 0.1) is 28.7 Å². The van der Waals surface area contributed by atoms with Gasteiger partial charge >= 0.3 is 11.9 Å². The Morgan fingerprint density at radius 2 is 1.81 bits per heavy atom. The van der Waals surface area contributed by atoms with Crippen LogP contribution in [0.25, 0.3) is 6.08 Å². The van der Waals surface area contributed by atoms with Crippen molar-refractivity contribution in [2.24, 2.45) is 0 Å². The molecule has 3 rings (SSSR count). The van der Waals surface area contributed by atoms with Gasteiger partial charge in [-0.25, -0.2) is 9.59 Å². The highest BCUT2D eigenvalue weighted by molar-refractivity contribution is 5.99. The fourth-order valence-electron chi connectivity index (χ4n) is 3.62. The number of nitrogens with zero attached hydrogens (tertiary/aromatic N) is 1. The first-order valence-electron chi connectivity index (χ1n) is 9.73. The second-order valence-electron chi connectivity index (χ2n) is 7.09. The smallest absolute Gasteiger partial charge is 0.337 e. The third-order valence-corrected chi connectivity index (χ3v) is 4.98. The molecule has 0 fully saturated rings. The van der Waals surface area contributed by atoms with Crippen LogP contribution in [0, 0.1) is 11.3 Å². The van der Waals surface area contributed by atoms with Gasteiger partial charge in [0.25, 0.3) is 0 Å². The van der Waals surface area contributed by atoms with Crippen molar-refractivity contribution >= 4 is 18.0 Å². The fourth-order valence-corrected chi connectivity index (χ4v) is 3.62. The Labute approximate surface area is 180 Å². The highest BCUT2D eigenvalue weighted by atomic mass is 16.5. The number of allylic oxidation sites excluding steroid dienone is 2. The van der Waals surface area contributed by atoms with Crippen molar-refractivity contribution in [2.75, 3.05) is 6.61 Å². The number of aliphatic carboxylic acids is 1. The van der Waals surface area contributed by atoms with Crippen LogP contribution in [0.15, 0.2) is 83.2 Å². The largest absolute Gasteiger partial charge is 0.478 e. The normalized spacial score (nSPS) is 16.1. The number of benzene rings is 2. The molecule has 0 aliphatic carbocycles. The maximum absolute atomic E-state index is 13.0. The highest BCUT2D eigenvalue weighted by Gasteiger charge is 2.37. The molecule has 156 valence electrons. The molecule has 0 radical (unpaired) electrons. The molecule has 6 heteroatoms. The minimum atomic E-state index is -1.14. The van der Waals surface area contributed by atoms with Gasteiger partial charge in [0.2, 0.25) is 0 Å². The molecule has 0 aromatic heterocycles. The Hall–Kier alpha value is -4.11. The zero-order chi connectivity index (χ0) is 22.4. The number of esters is 1. The zero-order valence-electron chi connectivity index (χ0n) is 17.3. The molecule has 0 saturated carbocycles. The lowest BCUT2D eigenvalue weighted by Crippen LogP contribution is -2.31. The van der Waals surface area contributed by atoms with Gasteiger partial charge in [-0.3, -0.25) is 0 Å². The molecule has 2 aromatic carbocycles. The number of ether oxygens (including phenoxy) is 1. The first-order valence-corrected chi connectivity index (χ1v) is 9.73. The predicted molar refractivity (Wildman–Crippen MR) is 117 cm³/mol. The van der Waals surface area contributed by atoms with E-state index in [1.165, 1.54) is 0 Å². The van der Waals surface area contributed by atoms with Crippen LogP contribution in [0.1, 0.15) is 36.5 Å². The fraction of sp³-hybridized carbons (Fsp3) is 0.160. The monoisotopic (exact) mass is 414 g/mol. The number of carboxylic acid groups (broad SMARTS) is 1. The van der Waals surface area contributed by atoms with Gasteiger partial charge in [-0.2, -0.15) is 5.26 Å². The number of dihydropyridines is 1. The summed E-state index contributed by atoms with van der Waals surface area (Å²) in [7, 11) is 0. The molecule has 0 bridgehead atoms. The van der Waals surface area contributed by atoms with Crippen LogP contribution in [0.5, 0.6) is 0 Å². The second kappa shape index (κ2) is 9.59. The van der Waals surface area contributed by atoms with Crippen molar-refractivity contribution in [3.63, 3.8) is 0 Å². The molecule has 0 spiro atoms. The molecule has 0 saturated heterocycles. The van der Waals surface area contributed by atoms with Gasteiger partial charge in [-0.15, -0.1) is 0 Å². The minimum Gasteiger partial charge on any atom is -0.478 e. The van der Waals surface area contributed by atoms with E-state index in [-0.39, 0.29) is 17.8 Å². The molecular weight excluding hydrogens is 392 g/mol. The summed E-state index contributed by atoms with van der Waals surface area (Å²) in [5, 5.41) is 22.1. The van der Waals surface area contributed by atoms with Crippen LogP contribution in [0.4, 0.5) is 0 Å². The van der Waals surface area contributed by atoms with Gasteiger partial charge in [-0.1, -0.05) is 48.5 Å². The molecule has 1 atom stereocenters. The van der Waals surface area contributed by atoms with Gasteiger partial charge in [-0.05, 0) is 43.2 Å². The topological polar surface area (TPSA) is 99.4 Å². The van der Waals surface area contributed by atoms with Crippen molar-refractivity contribution < 1.29 is 19.4 Å². The summed E-state index contributed by atoms with van der Waals surface area (Å²) in [5.74, 6) is -2.60. The number of nitrogens with one attached hydrogen (secondary N) is 1. The summed E-state index contributed by atoms with van der Waals surface area (Å²) in [6.07, 6.45) is 3.57. The van der Waals surface area contributed by atoms with Crippen molar-refractivity contribution in [1.82, 2.24) is 5.32 Å². The van der Waals surface area contributed by atoms with Crippen LogP contribution in [-0.2, 0) is 14.3 Å². The standard InChI is InChI=1S/C25H22N2O4/c1-16-21(24(28)29)23(20-12-6-10-19(14-20)15-26)22(17(2)27-16)25(30)31-13-7-11-18-8-4-3-5-9-18/h3-12,14,23,27H,13H2,1-2H3,(H,28,29)/b11-7+. The van der Waals surface area contributed by atoms with Gasteiger partial charge in [0.15, 0.2) is 0 Å². The van der Waals surface area contributed by atoms with E-state index in [0.29, 0.717) is 22.5 Å². The maximum Gasteiger partial charge on any atom is 0.337 e. The third-order valence-electron chi connectivity index (χ3n) is 4.98. The van der Waals surface area contributed by atoms with E-state index < -0.39 is 17.9 Å². The van der Waals surface area contributed by atoms with Crippen molar-refractivity contribution in [3.05, 3.63) is 99.9 Å². The quantitative estimate of drug-likeness (QED) is 0.690. The van der Waals surface area contributed by atoms with E-state index in [0.717, 1.165) is 5.56 Å². The summed E-state index contributed by atoms with van der Waals surface area (Å²) in [6.45, 7) is 3.40.